The van der Waals surface area contributed by atoms with E-state index < -0.39 is 0 Å². The fourth-order valence-corrected chi connectivity index (χ4v) is 1.75. The van der Waals surface area contributed by atoms with E-state index in [9.17, 15) is 0 Å². The lowest BCUT2D eigenvalue weighted by molar-refractivity contribution is 1.43. The van der Waals surface area contributed by atoms with Crippen LogP contribution in [-0.4, -0.2) is 7.28 Å². The summed E-state index contributed by atoms with van der Waals surface area (Å²) in [6, 6.07) is 8.59. The first kappa shape index (κ1) is 8.86. The zero-order chi connectivity index (χ0) is 8.10. The average Bonchev–Trinajstić information content (AvgIpc) is 2.06. The Morgan fingerprint density at radius 3 is 2.73 bits per heavy atom. The van der Waals surface area contributed by atoms with Crippen LogP contribution in [-0.2, 0) is 5.33 Å². The van der Waals surface area contributed by atoms with Crippen LogP contribution in [0, 0.1) is 0 Å². The highest BCUT2D eigenvalue weighted by Gasteiger charge is 1.98. The molecule has 0 aliphatic rings. The van der Waals surface area contributed by atoms with Gasteiger partial charge in [-0.3, -0.25) is 0 Å². The molecule has 0 bridgehead atoms. The van der Waals surface area contributed by atoms with Gasteiger partial charge < -0.3 is 0 Å². The summed E-state index contributed by atoms with van der Waals surface area (Å²) in [5, 5.41) is 0.975. The van der Waals surface area contributed by atoms with Gasteiger partial charge >= 0.3 is 0 Å². The molecular weight excluding hydrogens is 199 g/mol. The van der Waals surface area contributed by atoms with E-state index in [1.54, 1.807) is 0 Å². The maximum atomic E-state index is 3.48. The standard InChI is InChI=1S/C9H12BBr/c1-2-10-9-6-4-3-5-8(9)7-11/h3-6,10H,2,7H2,1H3. The largest absolute Gasteiger partial charge is 0.157 e. The molecule has 0 aliphatic heterocycles. The molecule has 0 N–H and O–H groups in total. The Bertz CT molecular complexity index is 223. The minimum Gasteiger partial charge on any atom is -0.0877 e. The third-order valence-electron chi connectivity index (χ3n) is 1.78. The Balaban J connectivity index is 2.83. The monoisotopic (exact) mass is 210 g/mol. The van der Waals surface area contributed by atoms with Crippen LogP contribution in [0.4, 0.5) is 0 Å². The number of alkyl halides is 1. The van der Waals surface area contributed by atoms with Crippen molar-refractivity contribution >= 4 is 28.7 Å². The molecule has 1 rings (SSSR count). The van der Waals surface area contributed by atoms with Crippen LogP contribution in [0.1, 0.15) is 12.5 Å². The van der Waals surface area contributed by atoms with Crippen LogP contribution in [0.5, 0.6) is 0 Å². The smallest absolute Gasteiger partial charge is 0.0877 e. The van der Waals surface area contributed by atoms with Crippen LogP contribution < -0.4 is 5.46 Å². The second-order valence-electron chi connectivity index (χ2n) is 2.65. The van der Waals surface area contributed by atoms with E-state index in [-0.39, 0.29) is 0 Å². The SMILES string of the molecule is CCBc1ccccc1CBr. The quantitative estimate of drug-likeness (QED) is 0.530. The molecule has 2 heteroatoms. The van der Waals surface area contributed by atoms with Gasteiger partial charge in [-0.25, -0.2) is 0 Å². The summed E-state index contributed by atoms with van der Waals surface area (Å²) in [5.41, 5.74) is 2.90. The van der Waals surface area contributed by atoms with Crippen LogP contribution >= 0.6 is 15.9 Å². The van der Waals surface area contributed by atoms with Crippen molar-refractivity contribution in [2.45, 2.75) is 18.6 Å². The number of hydrogen-bond acceptors (Lipinski definition) is 0. The van der Waals surface area contributed by atoms with Crippen molar-refractivity contribution in [2.24, 2.45) is 0 Å². The highest BCUT2D eigenvalue weighted by Crippen LogP contribution is 2.01. The van der Waals surface area contributed by atoms with Crippen molar-refractivity contribution in [1.29, 1.82) is 0 Å². The van der Waals surface area contributed by atoms with Crippen LogP contribution in [0.25, 0.3) is 0 Å². The summed E-state index contributed by atoms with van der Waals surface area (Å²) in [5.74, 6) is 0. The van der Waals surface area contributed by atoms with Crippen molar-refractivity contribution in [1.82, 2.24) is 0 Å². The molecular formula is C9H12BBr. The van der Waals surface area contributed by atoms with Gasteiger partial charge in [0.2, 0.25) is 0 Å². The third-order valence-corrected chi connectivity index (χ3v) is 2.39. The highest BCUT2D eigenvalue weighted by atomic mass is 79.9. The first-order valence-electron chi connectivity index (χ1n) is 4.01. The number of hydrogen-bond donors (Lipinski definition) is 0. The van der Waals surface area contributed by atoms with Gasteiger partial charge in [0.15, 0.2) is 7.28 Å². The van der Waals surface area contributed by atoms with Gasteiger partial charge in [-0.2, -0.15) is 0 Å². The third kappa shape index (κ3) is 2.37. The molecule has 0 radical (unpaired) electrons. The van der Waals surface area contributed by atoms with Crippen LogP contribution in [0.15, 0.2) is 24.3 Å². The summed E-state index contributed by atoms with van der Waals surface area (Å²) < 4.78 is 0. The average molecular weight is 211 g/mol. The number of rotatable bonds is 3. The molecule has 1 aromatic rings. The summed E-state index contributed by atoms with van der Waals surface area (Å²) in [4.78, 5) is 0. The van der Waals surface area contributed by atoms with E-state index in [0.717, 1.165) is 5.33 Å². The molecule has 0 unspecified atom stereocenters. The molecule has 0 aromatic heterocycles. The van der Waals surface area contributed by atoms with Gasteiger partial charge in [-0.05, 0) is 5.56 Å². The Morgan fingerprint density at radius 2 is 2.09 bits per heavy atom. The molecule has 0 amide bonds. The molecule has 0 aliphatic carbocycles. The lowest BCUT2D eigenvalue weighted by atomic mass is 9.66. The molecule has 0 heterocycles. The van der Waals surface area contributed by atoms with Gasteiger partial charge in [0.05, 0.1) is 0 Å². The van der Waals surface area contributed by atoms with E-state index >= 15 is 0 Å². The molecule has 0 saturated heterocycles. The molecule has 0 spiro atoms. The number of benzene rings is 1. The molecule has 1 aromatic carbocycles. The molecule has 0 saturated carbocycles. The van der Waals surface area contributed by atoms with E-state index in [0.29, 0.717) is 0 Å². The zero-order valence-corrected chi connectivity index (χ0v) is 8.39. The summed E-state index contributed by atoms with van der Waals surface area (Å²) in [6.07, 6.45) is 1.23. The van der Waals surface area contributed by atoms with E-state index in [1.807, 2.05) is 0 Å². The second-order valence-corrected chi connectivity index (χ2v) is 3.21. The van der Waals surface area contributed by atoms with Crippen LogP contribution in [0.3, 0.4) is 0 Å². The highest BCUT2D eigenvalue weighted by molar-refractivity contribution is 9.08. The Hall–Kier alpha value is -0.235. The fraction of sp³-hybridized carbons (Fsp3) is 0.333. The fourth-order valence-electron chi connectivity index (χ4n) is 1.20. The number of halogens is 1. The lowest BCUT2D eigenvalue weighted by Crippen LogP contribution is -2.16. The van der Waals surface area contributed by atoms with Crippen molar-refractivity contribution in [3.63, 3.8) is 0 Å². The summed E-state index contributed by atoms with van der Waals surface area (Å²) in [7, 11) is 1.20. The molecule has 58 valence electrons. The van der Waals surface area contributed by atoms with E-state index in [2.05, 4.69) is 47.1 Å². The Morgan fingerprint density at radius 1 is 1.36 bits per heavy atom. The topological polar surface area (TPSA) is 0 Å². The lowest BCUT2D eigenvalue weighted by Gasteiger charge is -2.02. The Labute approximate surface area is 77.4 Å². The van der Waals surface area contributed by atoms with E-state index in [4.69, 9.17) is 0 Å². The first-order chi connectivity index (χ1) is 5.38. The molecule has 0 fully saturated rings. The van der Waals surface area contributed by atoms with Gasteiger partial charge in [-0.1, -0.05) is 58.9 Å². The van der Waals surface area contributed by atoms with Crippen LogP contribution in [0.2, 0.25) is 6.32 Å². The predicted octanol–water partition coefficient (Wildman–Crippen LogP) is 2.08. The maximum absolute atomic E-state index is 3.48. The summed E-state index contributed by atoms with van der Waals surface area (Å²) >= 11 is 3.48. The summed E-state index contributed by atoms with van der Waals surface area (Å²) in [6.45, 7) is 2.21. The van der Waals surface area contributed by atoms with Gasteiger partial charge in [0, 0.05) is 5.33 Å². The minimum absolute atomic E-state index is 0.975. The van der Waals surface area contributed by atoms with Crippen molar-refractivity contribution in [3.8, 4) is 0 Å². The molecule has 11 heavy (non-hydrogen) atoms. The minimum atomic E-state index is 0.975. The Kier molecular flexibility index (Phi) is 3.71. The molecule has 0 atom stereocenters. The van der Waals surface area contributed by atoms with E-state index in [1.165, 1.54) is 24.6 Å². The van der Waals surface area contributed by atoms with Gasteiger partial charge in [0.1, 0.15) is 0 Å². The normalized spacial score (nSPS) is 9.64. The molecule has 0 nitrogen and oxygen atoms in total. The van der Waals surface area contributed by atoms with Crippen molar-refractivity contribution < 1.29 is 0 Å². The maximum Gasteiger partial charge on any atom is 0.157 e. The zero-order valence-electron chi connectivity index (χ0n) is 6.81. The van der Waals surface area contributed by atoms with Crippen molar-refractivity contribution in [2.75, 3.05) is 0 Å². The van der Waals surface area contributed by atoms with Crippen molar-refractivity contribution in [3.05, 3.63) is 29.8 Å². The first-order valence-corrected chi connectivity index (χ1v) is 5.13. The van der Waals surface area contributed by atoms with Gasteiger partial charge in [-0.15, -0.1) is 0 Å². The predicted molar refractivity (Wildman–Crippen MR) is 56.3 cm³/mol. The van der Waals surface area contributed by atoms with Gasteiger partial charge in [0.25, 0.3) is 0 Å². The second kappa shape index (κ2) is 4.60.